The first kappa shape index (κ1) is 19.4. The van der Waals surface area contributed by atoms with Gasteiger partial charge in [-0.05, 0) is 39.3 Å². The van der Waals surface area contributed by atoms with Crippen LogP contribution in [0.2, 0.25) is 0 Å². The zero-order valence-electron chi connectivity index (χ0n) is 15.3. The summed E-state index contributed by atoms with van der Waals surface area (Å²) in [5.41, 5.74) is 6.93. The Balaban J connectivity index is 1.86. The Morgan fingerprint density at radius 2 is 2.15 bits per heavy atom. The number of hydrogen-bond acceptors (Lipinski definition) is 6. The predicted octanol–water partition coefficient (Wildman–Crippen LogP) is 1.59. The predicted molar refractivity (Wildman–Crippen MR) is 101 cm³/mol. The van der Waals surface area contributed by atoms with Crippen LogP contribution < -0.4 is 15.8 Å². The molecule has 26 heavy (non-hydrogen) atoms. The van der Waals surface area contributed by atoms with Gasteiger partial charge < -0.3 is 10.0 Å². The first-order valence-corrected chi connectivity index (χ1v) is 8.70. The van der Waals surface area contributed by atoms with Crippen LogP contribution in [0.5, 0.6) is 5.75 Å². The number of amides is 2. The van der Waals surface area contributed by atoms with Gasteiger partial charge in [-0.15, -0.1) is 0 Å². The summed E-state index contributed by atoms with van der Waals surface area (Å²) in [4.78, 5) is 25.5. The Hall–Kier alpha value is -2.90. The van der Waals surface area contributed by atoms with E-state index in [0.29, 0.717) is 17.7 Å². The maximum absolute atomic E-state index is 11.8. The van der Waals surface area contributed by atoms with E-state index < -0.39 is 0 Å². The van der Waals surface area contributed by atoms with Crippen molar-refractivity contribution in [1.82, 2.24) is 10.9 Å². The number of nitrogens with zero attached hydrogens (tertiary/aromatic N) is 3. The van der Waals surface area contributed by atoms with Crippen molar-refractivity contribution in [3.8, 4) is 5.75 Å². The Kier molecular flexibility index (Phi) is 6.71. The highest BCUT2D eigenvalue weighted by molar-refractivity contribution is 6.07. The molecule has 0 aromatic heterocycles. The van der Waals surface area contributed by atoms with Crippen molar-refractivity contribution < 1.29 is 14.7 Å². The van der Waals surface area contributed by atoms with Crippen LogP contribution in [0.3, 0.4) is 0 Å². The smallest absolute Gasteiger partial charge is 0.248 e. The second-order valence-electron chi connectivity index (χ2n) is 6.03. The number of carbonyl (C=O) groups excluding carboxylic acids is 2. The molecule has 8 nitrogen and oxygen atoms in total. The van der Waals surface area contributed by atoms with Gasteiger partial charge in [0.2, 0.25) is 11.8 Å². The van der Waals surface area contributed by atoms with Gasteiger partial charge in [-0.3, -0.25) is 9.59 Å². The molecule has 0 radical (unpaired) electrons. The molecule has 1 aromatic carbocycles. The van der Waals surface area contributed by atoms with Crippen LogP contribution in [0.1, 0.15) is 39.2 Å². The van der Waals surface area contributed by atoms with E-state index in [2.05, 4.69) is 26.0 Å². The zero-order valence-corrected chi connectivity index (χ0v) is 15.3. The molecule has 3 N–H and O–H groups in total. The van der Waals surface area contributed by atoms with Gasteiger partial charge in [0.1, 0.15) is 5.75 Å². The van der Waals surface area contributed by atoms with E-state index in [1.807, 2.05) is 19.9 Å². The molecule has 140 valence electrons. The summed E-state index contributed by atoms with van der Waals surface area (Å²) in [5.74, 6) is -0.742. The lowest BCUT2D eigenvalue weighted by atomic mass is 9.99. The first-order valence-electron chi connectivity index (χ1n) is 8.70. The number of hydrazone groups is 2. The van der Waals surface area contributed by atoms with Gasteiger partial charge in [-0.25, -0.2) is 10.9 Å². The standard InChI is InChI=1S/C18H25N5O3/c1-4-23(5-2)14-7-6-13(16(24)10-14)11-19-21-17(25)9-8-15-12(3)20-22-18(15)26/h6-7,10-11,15,24H,4-5,8-9H2,1-3H3,(H,21,25)(H,22,26)/b19-11+/t15-/m0/s1. The summed E-state index contributed by atoms with van der Waals surface area (Å²) in [6.07, 6.45) is 1.94. The van der Waals surface area contributed by atoms with Gasteiger partial charge in [0, 0.05) is 42.5 Å². The quantitative estimate of drug-likeness (QED) is 0.484. The van der Waals surface area contributed by atoms with Gasteiger partial charge in [0.05, 0.1) is 12.1 Å². The Labute approximate surface area is 153 Å². The van der Waals surface area contributed by atoms with Crippen molar-refractivity contribution in [3.63, 3.8) is 0 Å². The third-order valence-electron chi connectivity index (χ3n) is 4.36. The molecule has 0 saturated carbocycles. The van der Waals surface area contributed by atoms with Crippen molar-refractivity contribution in [2.75, 3.05) is 18.0 Å². The SMILES string of the molecule is CCN(CC)c1ccc(/C=N/NC(=O)CC[C@@H]2C(=O)NN=C2C)c(O)c1. The van der Waals surface area contributed by atoms with E-state index in [1.165, 1.54) is 6.21 Å². The maximum Gasteiger partial charge on any atom is 0.248 e. The highest BCUT2D eigenvalue weighted by Crippen LogP contribution is 2.23. The Bertz CT molecular complexity index is 726. The fraction of sp³-hybridized carbons (Fsp3) is 0.444. The molecule has 1 atom stereocenters. The van der Waals surface area contributed by atoms with E-state index >= 15 is 0 Å². The van der Waals surface area contributed by atoms with E-state index in [4.69, 9.17) is 0 Å². The lowest BCUT2D eigenvalue weighted by Gasteiger charge is -2.21. The van der Waals surface area contributed by atoms with E-state index in [0.717, 1.165) is 18.8 Å². The highest BCUT2D eigenvalue weighted by Gasteiger charge is 2.26. The molecule has 1 aliphatic rings. The molecule has 1 heterocycles. The molecule has 0 saturated heterocycles. The van der Waals surface area contributed by atoms with Crippen LogP contribution in [-0.2, 0) is 9.59 Å². The van der Waals surface area contributed by atoms with Crippen LogP contribution in [0.4, 0.5) is 5.69 Å². The molecule has 0 fully saturated rings. The third kappa shape index (κ3) is 4.81. The van der Waals surface area contributed by atoms with Crippen LogP contribution in [0.25, 0.3) is 0 Å². The van der Waals surface area contributed by atoms with E-state index in [9.17, 15) is 14.7 Å². The van der Waals surface area contributed by atoms with Crippen molar-refractivity contribution in [3.05, 3.63) is 23.8 Å². The van der Waals surface area contributed by atoms with Crippen LogP contribution in [0, 0.1) is 5.92 Å². The minimum absolute atomic E-state index is 0.0989. The first-order chi connectivity index (χ1) is 12.5. The van der Waals surface area contributed by atoms with Crippen LogP contribution in [0.15, 0.2) is 28.4 Å². The molecule has 1 aliphatic heterocycles. The summed E-state index contributed by atoms with van der Waals surface area (Å²) in [5, 5.41) is 17.8. The summed E-state index contributed by atoms with van der Waals surface area (Å²) >= 11 is 0. The average Bonchev–Trinajstić information content (AvgIpc) is 2.94. The van der Waals surface area contributed by atoms with Crippen molar-refractivity contribution >= 4 is 29.4 Å². The van der Waals surface area contributed by atoms with Gasteiger partial charge in [0.15, 0.2) is 0 Å². The molecule has 0 spiro atoms. The molecule has 8 heteroatoms. The summed E-state index contributed by atoms with van der Waals surface area (Å²) in [6, 6.07) is 5.33. The van der Waals surface area contributed by atoms with Crippen LogP contribution >= 0.6 is 0 Å². The van der Waals surface area contributed by atoms with Gasteiger partial charge >= 0.3 is 0 Å². The number of phenols is 1. The lowest BCUT2D eigenvalue weighted by molar-refractivity contribution is -0.123. The molecular formula is C18H25N5O3. The number of anilines is 1. The molecular weight excluding hydrogens is 334 g/mol. The molecule has 2 rings (SSSR count). The summed E-state index contributed by atoms with van der Waals surface area (Å²) in [6.45, 7) is 7.55. The van der Waals surface area contributed by atoms with Gasteiger partial charge in [0.25, 0.3) is 0 Å². The van der Waals surface area contributed by atoms with Crippen LogP contribution in [-0.4, -0.2) is 41.9 Å². The second kappa shape index (κ2) is 8.98. The minimum Gasteiger partial charge on any atom is -0.507 e. The zero-order chi connectivity index (χ0) is 19.1. The average molecular weight is 359 g/mol. The molecule has 0 aliphatic carbocycles. The molecule has 2 amide bonds. The number of phenolic OH excluding ortho intramolecular Hbond substituents is 1. The van der Waals surface area contributed by atoms with Gasteiger partial charge in [-0.1, -0.05) is 0 Å². The van der Waals surface area contributed by atoms with Crippen molar-refractivity contribution in [1.29, 1.82) is 0 Å². The minimum atomic E-state index is -0.360. The summed E-state index contributed by atoms with van der Waals surface area (Å²) in [7, 11) is 0. The normalized spacial score (nSPS) is 16.5. The van der Waals surface area contributed by atoms with Crippen molar-refractivity contribution in [2.45, 2.75) is 33.6 Å². The number of rotatable bonds is 8. The highest BCUT2D eigenvalue weighted by atomic mass is 16.3. The van der Waals surface area contributed by atoms with Crippen molar-refractivity contribution in [2.24, 2.45) is 16.1 Å². The van der Waals surface area contributed by atoms with E-state index in [1.54, 1.807) is 19.1 Å². The fourth-order valence-corrected chi connectivity index (χ4v) is 2.76. The third-order valence-corrected chi connectivity index (χ3v) is 4.36. The maximum atomic E-state index is 11.8. The Morgan fingerprint density at radius 3 is 2.73 bits per heavy atom. The number of nitrogens with one attached hydrogen (secondary N) is 2. The number of benzene rings is 1. The molecule has 0 bridgehead atoms. The van der Waals surface area contributed by atoms with Gasteiger partial charge in [-0.2, -0.15) is 10.2 Å². The molecule has 0 unspecified atom stereocenters. The number of carbonyl (C=O) groups is 2. The topological polar surface area (TPSA) is 106 Å². The monoisotopic (exact) mass is 359 g/mol. The second-order valence-corrected chi connectivity index (χ2v) is 6.03. The Morgan fingerprint density at radius 1 is 1.42 bits per heavy atom. The molecule has 1 aromatic rings. The largest absolute Gasteiger partial charge is 0.507 e. The number of aromatic hydroxyl groups is 1. The fourth-order valence-electron chi connectivity index (χ4n) is 2.76. The van der Waals surface area contributed by atoms with E-state index in [-0.39, 0.29) is 29.9 Å². The summed E-state index contributed by atoms with van der Waals surface area (Å²) < 4.78 is 0. The number of hydrogen-bond donors (Lipinski definition) is 3. The lowest BCUT2D eigenvalue weighted by Crippen LogP contribution is -2.25.